The Kier molecular flexibility index (Phi) is 3.88. The fourth-order valence-corrected chi connectivity index (χ4v) is 2.44. The molecule has 1 saturated heterocycles. The Morgan fingerprint density at radius 3 is 2.24 bits per heavy atom. The lowest BCUT2D eigenvalue weighted by Crippen LogP contribution is -2.55. The van der Waals surface area contributed by atoms with Gasteiger partial charge in [-0.1, -0.05) is 0 Å². The maximum Gasteiger partial charge on any atom is 0.265 e. The van der Waals surface area contributed by atoms with Gasteiger partial charge in [0.1, 0.15) is 5.82 Å². The molecule has 0 aromatic heterocycles. The van der Waals surface area contributed by atoms with Crippen molar-refractivity contribution in [3.63, 3.8) is 0 Å². The molecule has 2 fully saturated rings. The van der Waals surface area contributed by atoms with Crippen molar-refractivity contribution in [2.24, 2.45) is 5.92 Å². The maximum absolute atomic E-state index is 12.8. The van der Waals surface area contributed by atoms with Crippen LogP contribution >= 0.6 is 0 Å². The predicted molar refractivity (Wildman–Crippen MR) is 74.7 cm³/mol. The van der Waals surface area contributed by atoms with E-state index in [9.17, 15) is 14.0 Å². The number of benzene rings is 1. The molecule has 1 heterocycles. The Morgan fingerprint density at radius 2 is 1.67 bits per heavy atom. The minimum Gasteiger partial charge on any atom is -0.340 e. The summed E-state index contributed by atoms with van der Waals surface area (Å²) in [5.74, 6) is -0.124. The van der Waals surface area contributed by atoms with Gasteiger partial charge in [-0.15, -0.1) is 0 Å². The van der Waals surface area contributed by atoms with Gasteiger partial charge < -0.3 is 4.90 Å². The lowest BCUT2D eigenvalue weighted by Gasteiger charge is -2.34. The number of rotatable bonds is 3. The monoisotopic (exact) mass is 291 g/mol. The average molecular weight is 291 g/mol. The molecule has 1 aliphatic heterocycles. The van der Waals surface area contributed by atoms with Gasteiger partial charge in [0, 0.05) is 37.7 Å². The van der Waals surface area contributed by atoms with E-state index < -0.39 is 0 Å². The van der Waals surface area contributed by atoms with Crippen molar-refractivity contribution < 1.29 is 14.0 Å². The van der Waals surface area contributed by atoms with E-state index in [1.54, 1.807) is 0 Å². The van der Waals surface area contributed by atoms with Crippen LogP contribution in [0.2, 0.25) is 0 Å². The molecule has 21 heavy (non-hydrogen) atoms. The molecule has 1 aromatic carbocycles. The summed E-state index contributed by atoms with van der Waals surface area (Å²) in [6.45, 7) is 2.51. The van der Waals surface area contributed by atoms with Crippen LogP contribution in [0.25, 0.3) is 0 Å². The average Bonchev–Trinajstić information content (AvgIpc) is 3.32. The number of nitrogens with zero attached hydrogens (tertiary/aromatic N) is 2. The largest absolute Gasteiger partial charge is 0.340 e. The molecule has 1 aromatic rings. The molecule has 0 bridgehead atoms. The molecule has 2 aliphatic rings. The highest BCUT2D eigenvalue weighted by atomic mass is 19.1. The summed E-state index contributed by atoms with van der Waals surface area (Å²) in [5.41, 5.74) is 3.22. The number of amides is 2. The van der Waals surface area contributed by atoms with Crippen LogP contribution in [-0.4, -0.2) is 47.9 Å². The maximum atomic E-state index is 12.8. The van der Waals surface area contributed by atoms with Crippen LogP contribution in [0.1, 0.15) is 23.2 Å². The third-order valence-corrected chi connectivity index (χ3v) is 3.88. The summed E-state index contributed by atoms with van der Waals surface area (Å²) in [6, 6.07) is 5.44. The Morgan fingerprint density at radius 1 is 1.05 bits per heavy atom. The molecule has 0 atom stereocenters. The summed E-state index contributed by atoms with van der Waals surface area (Å²) in [6.07, 6.45) is 2.03. The number of nitrogens with one attached hydrogen (secondary N) is 1. The number of piperazine rings is 1. The molecule has 2 amide bonds. The van der Waals surface area contributed by atoms with Gasteiger partial charge in [-0.2, -0.15) is 0 Å². The molecule has 5 nitrogen and oxygen atoms in total. The topological polar surface area (TPSA) is 52.7 Å². The fraction of sp³-hybridized carbons (Fsp3) is 0.467. The van der Waals surface area contributed by atoms with Crippen molar-refractivity contribution in [3.8, 4) is 0 Å². The second-order valence-electron chi connectivity index (χ2n) is 5.53. The van der Waals surface area contributed by atoms with Crippen LogP contribution in [0.15, 0.2) is 24.3 Å². The first kappa shape index (κ1) is 14.0. The number of hydrogen-bond acceptors (Lipinski definition) is 3. The summed E-state index contributed by atoms with van der Waals surface area (Å²) in [7, 11) is 0. The Labute approximate surface area is 122 Å². The second-order valence-corrected chi connectivity index (χ2v) is 5.53. The van der Waals surface area contributed by atoms with Gasteiger partial charge in [0.25, 0.3) is 5.91 Å². The van der Waals surface area contributed by atoms with Gasteiger partial charge in [-0.05, 0) is 37.1 Å². The Bertz CT molecular complexity index is 534. The number of hydrazine groups is 1. The standard InChI is InChI=1S/C15H18FN3O2/c16-13-5-3-11(4-6-13)14(20)17-19-9-7-18(8-10-19)15(21)12-1-2-12/h3-6,12H,1-2,7-10H2,(H,17,20). The Hall–Kier alpha value is -1.95. The van der Waals surface area contributed by atoms with Gasteiger partial charge in [0.15, 0.2) is 0 Å². The first-order chi connectivity index (χ1) is 10.1. The van der Waals surface area contributed by atoms with Crippen LogP contribution in [-0.2, 0) is 4.79 Å². The van der Waals surface area contributed by atoms with Crippen LogP contribution in [0, 0.1) is 11.7 Å². The van der Waals surface area contributed by atoms with Crippen molar-refractivity contribution in [2.45, 2.75) is 12.8 Å². The highest BCUT2D eigenvalue weighted by Gasteiger charge is 2.34. The SMILES string of the molecule is O=C(NN1CCN(C(=O)C2CC2)CC1)c1ccc(F)cc1. The smallest absolute Gasteiger partial charge is 0.265 e. The third-order valence-electron chi connectivity index (χ3n) is 3.88. The second kappa shape index (κ2) is 5.81. The first-order valence-corrected chi connectivity index (χ1v) is 7.24. The molecule has 0 spiro atoms. The van der Waals surface area contributed by atoms with E-state index in [2.05, 4.69) is 5.43 Å². The first-order valence-electron chi connectivity index (χ1n) is 7.24. The van der Waals surface area contributed by atoms with E-state index >= 15 is 0 Å². The summed E-state index contributed by atoms with van der Waals surface area (Å²) >= 11 is 0. The molecule has 112 valence electrons. The number of carbonyl (C=O) groups excluding carboxylic acids is 2. The van der Waals surface area contributed by atoms with Crippen molar-refractivity contribution in [1.29, 1.82) is 0 Å². The molecule has 1 aliphatic carbocycles. The quantitative estimate of drug-likeness (QED) is 0.905. The highest BCUT2D eigenvalue weighted by Crippen LogP contribution is 2.31. The zero-order valence-corrected chi connectivity index (χ0v) is 11.7. The minimum absolute atomic E-state index is 0.241. The minimum atomic E-state index is -0.362. The van der Waals surface area contributed by atoms with Gasteiger partial charge in [-0.3, -0.25) is 15.0 Å². The molecule has 6 heteroatoms. The van der Waals surface area contributed by atoms with Crippen LogP contribution in [0.5, 0.6) is 0 Å². The van der Waals surface area contributed by atoms with E-state index in [1.165, 1.54) is 24.3 Å². The van der Waals surface area contributed by atoms with Gasteiger partial charge in [0.2, 0.25) is 5.91 Å². The molecule has 1 N–H and O–H groups in total. The molecule has 1 saturated carbocycles. The van der Waals surface area contributed by atoms with Crippen molar-refractivity contribution in [1.82, 2.24) is 15.3 Å². The number of carbonyl (C=O) groups is 2. The van der Waals surface area contributed by atoms with Gasteiger partial charge in [0.05, 0.1) is 0 Å². The molecule has 3 rings (SSSR count). The summed E-state index contributed by atoms with van der Waals surface area (Å²) in [4.78, 5) is 25.8. The van der Waals surface area contributed by atoms with Gasteiger partial charge in [-0.25, -0.2) is 9.40 Å². The predicted octanol–water partition coefficient (Wildman–Crippen LogP) is 1.02. The van der Waals surface area contributed by atoms with E-state index in [4.69, 9.17) is 0 Å². The van der Waals surface area contributed by atoms with Crippen molar-refractivity contribution in [2.75, 3.05) is 26.2 Å². The molecule has 0 radical (unpaired) electrons. The normalized spacial score (nSPS) is 19.4. The van der Waals surface area contributed by atoms with Crippen molar-refractivity contribution in [3.05, 3.63) is 35.6 Å². The fourth-order valence-electron chi connectivity index (χ4n) is 2.44. The van der Waals surface area contributed by atoms with Crippen LogP contribution in [0.3, 0.4) is 0 Å². The van der Waals surface area contributed by atoms with Gasteiger partial charge >= 0.3 is 0 Å². The lowest BCUT2D eigenvalue weighted by molar-refractivity contribution is -0.134. The third kappa shape index (κ3) is 3.39. The molecular weight excluding hydrogens is 273 g/mol. The van der Waals surface area contributed by atoms with Crippen LogP contribution in [0.4, 0.5) is 4.39 Å². The molecular formula is C15H18FN3O2. The zero-order valence-electron chi connectivity index (χ0n) is 11.7. The van der Waals surface area contributed by atoms with E-state index in [0.717, 1.165) is 12.8 Å². The number of halogens is 1. The zero-order chi connectivity index (χ0) is 14.8. The van der Waals surface area contributed by atoms with Crippen molar-refractivity contribution >= 4 is 11.8 Å². The molecule has 0 unspecified atom stereocenters. The van der Waals surface area contributed by atoms with E-state index in [1.807, 2.05) is 9.91 Å². The summed E-state index contributed by atoms with van der Waals surface area (Å²) in [5, 5.41) is 1.81. The van der Waals surface area contributed by atoms with E-state index in [0.29, 0.717) is 31.7 Å². The van der Waals surface area contributed by atoms with E-state index in [-0.39, 0.29) is 23.5 Å². The number of hydrogen-bond donors (Lipinski definition) is 1. The highest BCUT2D eigenvalue weighted by molar-refractivity contribution is 5.93. The van der Waals surface area contributed by atoms with Crippen LogP contribution < -0.4 is 5.43 Å². The lowest BCUT2D eigenvalue weighted by atomic mass is 10.2. The Balaban J connectivity index is 1.49. The summed E-state index contributed by atoms with van der Waals surface area (Å²) < 4.78 is 12.8.